The van der Waals surface area contributed by atoms with Crippen molar-refractivity contribution in [3.05, 3.63) is 64.6 Å². The van der Waals surface area contributed by atoms with E-state index in [2.05, 4.69) is 29.6 Å². The van der Waals surface area contributed by atoms with Crippen LogP contribution in [0.4, 0.5) is 0 Å². The van der Waals surface area contributed by atoms with Crippen LogP contribution in [0.2, 0.25) is 0 Å². The van der Waals surface area contributed by atoms with Gasteiger partial charge in [0.2, 0.25) is 0 Å². The Balaban J connectivity index is 1.21. The first-order valence-electron chi connectivity index (χ1n) is 10.4. The lowest BCUT2D eigenvalue weighted by Crippen LogP contribution is -2.17. The first-order valence-corrected chi connectivity index (χ1v) is 11.6. The van der Waals surface area contributed by atoms with Gasteiger partial charge in [-0.1, -0.05) is 67.5 Å². The zero-order chi connectivity index (χ0) is 20.8. The minimum absolute atomic E-state index is 0.144. The van der Waals surface area contributed by atoms with E-state index in [1.54, 1.807) is 0 Å². The molecule has 6 heteroatoms. The quantitative estimate of drug-likeness (QED) is 0.342. The number of carbonyl (C=O) groups is 1. The lowest BCUT2D eigenvalue weighted by molar-refractivity contribution is -0.115. The summed E-state index contributed by atoms with van der Waals surface area (Å²) in [5.74, 6) is 2.22. The van der Waals surface area contributed by atoms with E-state index < -0.39 is 0 Å². The average molecular weight is 440 g/mol. The molecular weight excluding hydrogens is 414 g/mol. The summed E-state index contributed by atoms with van der Waals surface area (Å²) in [5.41, 5.74) is 2.36. The summed E-state index contributed by atoms with van der Waals surface area (Å²) in [6.45, 7) is 0.959. The van der Waals surface area contributed by atoms with Crippen LogP contribution in [0.3, 0.4) is 0 Å². The molecule has 30 heavy (non-hydrogen) atoms. The molecule has 1 saturated carbocycles. The topological polar surface area (TPSA) is 47.6 Å². The largest absolute Gasteiger partial charge is 0.490 e. The summed E-state index contributed by atoms with van der Waals surface area (Å²) in [5, 5.41) is 2.61. The number of carbonyl (C=O) groups excluding carboxylic acids is 1. The molecule has 0 unspecified atom stereocenters. The van der Waals surface area contributed by atoms with Crippen molar-refractivity contribution in [2.75, 3.05) is 13.2 Å². The van der Waals surface area contributed by atoms with Gasteiger partial charge >= 0.3 is 0 Å². The molecule has 1 aliphatic carbocycles. The van der Waals surface area contributed by atoms with Crippen LogP contribution in [-0.4, -0.2) is 23.4 Å². The fourth-order valence-corrected chi connectivity index (χ4v) is 4.87. The third-order valence-corrected chi connectivity index (χ3v) is 6.56. The van der Waals surface area contributed by atoms with Gasteiger partial charge in [-0.3, -0.25) is 4.79 Å². The third kappa shape index (κ3) is 5.64. The second-order valence-electron chi connectivity index (χ2n) is 7.52. The fraction of sp³-hybridized carbons (Fsp3) is 0.333. The van der Waals surface area contributed by atoms with E-state index in [9.17, 15) is 4.79 Å². The van der Waals surface area contributed by atoms with E-state index in [0.717, 1.165) is 17.1 Å². The molecule has 0 aromatic heterocycles. The highest BCUT2D eigenvalue weighted by atomic mass is 32.2. The summed E-state index contributed by atoms with van der Waals surface area (Å²) in [4.78, 5) is 12.3. The predicted octanol–water partition coefficient (Wildman–Crippen LogP) is 5.68. The molecule has 4 nitrogen and oxygen atoms in total. The highest BCUT2D eigenvalue weighted by molar-refractivity contribution is 8.26. The van der Waals surface area contributed by atoms with Crippen LogP contribution in [0.1, 0.15) is 49.1 Å². The minimum Gasteiger partial charge on any atom is -0.490 e. The van der Waals surface area contributed by atoms with Crippen molar-refractivity contribution in [2.45, 2.75) is 38.0 Å². The van der Waals surface area contributed by atoms with E-state index in [1.807, 2.05) is 30.3 Å². The first kappa shape index (κ1) is 20.9. The van der Waals surface area contributed by atoms with Crippen molar-refractivity contribution in [1.29, 1.82) is 0 Å². The molecule has 1 amide bonds. The number of hydrogen-bond donors (Lipinski definition) is 1. The maximum absolute atomic E-state index is 11.7. The number of hydrogen-bond acceptors (Lipinski definition) is 5. The maximum Gasteiger partial charge on any atom is 0.263 e. The number of benzene rings is 2. The van der Waals surface area contributed by atoms with Gasteiger partial charge in [-0.25, -0.2) is 0 Å². The average Bonchev–Trinajstić information content (AvgIpc) is 3.10. The SMILES string of the molecule is O=C1NC(=S)SC1=Cc1ccc(OCCOc2ccc(C3CCCCC3)cc2)cc1. The monoisotopic (exact) mass is 439 g/mol. The van der Waals surface area contributed by atoms with Gasteiger partial charge in [-0.15, -0.1) is 0 Å². The Bertz CT molecular complexity index is 916. The maximum atomic E-state index is 11.7. The lowest BCUT2D eigenvalue weighted by Gasteiger charge is -2.22. The van der Waals surface area contributed by atoms with Crippen molar-refractivity contribution < 1.29 is 14.3 Å². The smallest absolute Gasteiger partial charge is 0.263 e. The Morgan fingerprint density at radius 1 is 0.933 bits per heavy atom. The van der Waals surface area contributed by atoms with Crippen LogP contribution in [0.5, 0.6) is 11.5 Å². The molecule has 0 atom stereocenters. The van der Waals surface area contributed by atoms with Gasteiger partial charge in [0.05, 0.1) is 4.91 Å². The molecule has 1 saturated heterocycles. The summed E-state index contributed by atoms with van der Waals surface area (Å²) < 4.78 is 12.1. The van der Waals surface area contributed by atoms with Crippen molar-refractivity contribution >= 4 is 40.3 Å². The molecule has 1 N–H and O–H groups in total. The second-order valence-corrected chi connectivity index (χ2v) is 9.24. The van der Waals surface area contributed by atoms with Crippen molar-refractivity contribution in [2.24, 2.45) is 0 Å². The van der Waals surface area contributed by atoms with Crippen LogP contribution in [0.25, 0.3) is 6.08 Å². The molecular formula is C24H25NO3S2. The number of ether oxygens (including phenoxy) is 2. The molecule has 2 fully saturated rings. The highest BCUT2D eigenvalue weighted by Crippen LogP contribution is 2.33. The molecule has 156 valence electrons. The first-order chi connectivity index (χ1) is 14.7. The third-order valence-electron chi connectivity index (χ3n) is 5.40. The Hall–Kier alpha value is -2.31. The molecule has 1 heterocycles. The van der Waals surface area contributed by atoms with Gasteiger partial charge in [0.15, 0.2) is 0 Å². The fourth-order valence-electron chi connectivity index (χ4n) is 3.82. The zero-order valence-electron chi connectivity index (χ0n) is 16.8. The molecule has 2 aromatic carbocycles. The lowest BCUT2D eigenvalue weighted by atomic mass is 9.84. The molecule has 0 bridgehead atoms. The number of rotatable bonds is 7. The van der Waals surface area contributed by atoms with E-state index in [-0.39, 0.29) is 5.91 Å². The molecule has 4 rings (SSSR count). The van der Waals surface area contributed by atoms with Crippen molar-refractivity contribution in [3.63, 3.8) is 0 Å². The summed E-state index contributed by atoms with van der Waals surface area (Å²) >= 11 is 6.28. The Morgan fingerprint density at radius 3 is 2.10 bits per heavy atom. The molecule has 2 aromatic rings. The van der Waals surface area contributed by atoms with E-state index >= 15 is 0 Å². The molecule has 1 aliphatic heterocycles. The second kappa shape index (κ2) is 10.1. The normalized spacial score (nSPS) is 18.5. The summed E-state index contributed by atoms with van der Waals surface area (Å²) in [6, 6.07) is 16.2. The molecule has 0 radical (unpaired) electrons. The van der Waals surface area contributed by atoms with Gasteiger partial charge < -0.3 is 14.8 Å². The number of nitrogens with one attached hydrogen (secondary N) is 1. The Labute approximate surface area is 187 Å². The van der Waals surface area contributed by atoms with Crippen molar-refractivity contribution in [3.8, 4) is 11.5 Å². The summed E-state index contributed by atoms with van der Waals surface area (Å²) in [6.07, 6.45) is 8.51. The number of thiocarbonyl (C=S) groups is 1. The van der Waals surface area contributed by atoms with E-state index in [0.29, 0.717) is 28.4 Å². The minimum atomic E-state index is -0.144. The number of amides is 1. The van der Waals surface area contributed by atoms with Gasteiger partial charge in [0, 0.05) is 0 Å². The predicted molar refractivity (Wildman–Crippen MR) is 126 cm³/mol. The van der Waals surface area contributed by atoms with E-state index in [4.69, 9.17) is 21.7 Å². The molecule has 0 spiro atoms. The molecule has 2 aliphatic rings. The van der Waals surface area contributed by atoms with Gasteiger partial charge in [0.25, 0.3) is 5.91 Å². The van der Waals surface area contributed by atoms with Gasteiger partial charge in [-0.2, -0.15) is 0 Å². The Kier molecular flexibility index (Phi) is 7.07. The van der Waals surface area contributed by atoms with Crippen LogP contribution in [-0.2, 0) is 4.79 Å². The van der Waals surface area contributed by atoms with Crippen molar-refractivity contribution in [1.82, 2.24) is 5.32 Å². The zero-order valence-corrected chi connectivity index (χ0v) is 18.4. The van der Waals surface area contributed by atoms with Crippen LogP contribution in [0, 0.1) is 0 Å². The highest BCUT2D eigenvalue weighted by Gasteiger charge is 2.21. The van der Waals surface area contributed by atoms with Crippen LogP contribution >= 0.6 is 24.0 Å². The van der Waals surface area contributed by atoms with Gasteiger partial charge in [0.1, 0.15) is 29.0 Å². The standard InChI is InChI=1S/C24H25NO3S2/c26-23-22(30-24(29)25-23)16-17-6-10-20(11-7-17)27-14-15-28-21-12-8-19(9-13-21)18-4-2-1-3-5-18/h6-13,16,18H,1-5,14-15H2,(H,25,26,29). The van der Waals surface area contributed by atoms with Crippen LogP contribution < -0.4 is 14.8 Å². The van der Waals surface area contributed by atoms with E-state index in [1.165, 1.54) is 49.4 Å². The van der Waals surface area contributed by atoms with Gasteiger partial charge in [-0.05, 0) is 60.2 Å². The summed E-state index contributed by atoms with van der Waals surface area (Å²) in [7, 11) is 0. The number of thioether (sulfide) groups is 1. The van der Waals surface area contributed by atoms with Crippen LogP contribution in [0.15, 0.2) is 53.4 Å². The Morgan fingerprint density at radius 2 is 1.53 bits per heavy atom.